The smallest absolute Gasteiger partial charge is 0.0733 e. The Kier molecular flexibility index (Phi) is 5.03. The van der Waals surface area contributed by atoms with Crippen LogP contribution in [0.1, 0.15) is 60.8 Å². The fourth-order valence-corrected chi connectivity index (χ4v) is 2.66. The molecule has 1 saturated carbocycles. The van der Waals surface area contributed by atoms with Crippen molar-refractivity contribution in [2.45, 2.75) is 73.0 Å². The maximum atomic E-state index is 6.12. The fraction of sp³-hybridized carbons (Fsp3) is 1.00. The topological polar surface area (TPSA) is 21.3 Å². The third-order valence-electron chi connectivity index (χ3n) is 3.89. The molecule has 1 rings (SSSR count). The third kappa shape index (κ3) is 4.59. The SMILES string of the molecule is CCNC1C(OCCC(C)(C)C)CCC1(C)C. The second-order valence-corrected chi connectivity index (χ2v) is 7.28. The molecule has 0 amide bonds. The van der Waals surface area contributed by atoms with Gasteiger partial charge in [-0.05, 0) is 36.6 Å². The monoisotopic (exact) mass is 241 g/mol. The number of hydrogen-bond donors (Lipinski definition) is 1. The molecule has 0 heterocycles. The van der Waals surface area contributed by atoms with Gasteiger partial charge < -0.3 is 10.1 Å². The van der Waals surface area contributed by atoms with Crippen molar-refractivity contribution in [3.63, 3.8) is 0 Å². The van der Waals surface area contributed by atoms with Crippen LogP contribution in [0.2, 0.25) is 0 Å². The molecule has 1 fully saturated rings. The van der Waals surface area contributed by atoms with Crippen LogP contribution in [0.5, 0.6) is 0 Å². The lowest BCUT2D eigenvalue weighted by molar-refractivity contribution is 0.0151. The molecule has 1 N–H and O–H groups in total. The summed E-state index contributed by atoms with van der Waals surface area (Å²) < 4.78 is 6.12. The highest BCUT2D eigenvalue weighted by Crippen LogP contribution is 2.39. The summed E-state index contributed by atoms with van der Waals surface area (Å²) >= 11 is 0. The minimum atomic E-state index is 0.377. The van der Waals surface area contributed by atoms with E-state index in [4.69, 9.17) is 4.74 Å². The molecular formula is C15H31NO. The fourth-order valence-electron chi connectivity index (χ4n) is 2.66. The summed E-state index contributed by atoms with van der Waals surface area (Å²) in [6.45, 7) is 15.6. The average Bonchev–Trinajstić information content (AvgIpc) is 2.43. The average molecular weight is 241 g/mol. The second-order valence-electron chi connectivity index (χ2n) is 7.28. The highest BCUT2D eigenvalue weighted by molar-refractivity contribution is 4.97. The van der Waals surface area contributed by atoms with Crippen LogP contribution in [0.15, 0.2) is 0 Å². The van der Waals surface area contributed by atoms with Crippen molar-refractivity contribution in [3.8, 4) is 0 Å². The maximum absolute atomic E-state index is 6.12. The van der Waals surface area contributed by atoms with E-state index >= 15 is 0 Å². The molecule has 2 unspecified atom stereocenters. The van der Waals surface area contributed by atoms with Gasteiger partial charge in [0.15, 0.2) is 0 Å². The van der Waals surface area contributed by atoms with E-state index < -0.39 is 0 Å². The summed E-state index contributed by atoms with van der Waals surface area (Å²) in [7, 11) is 0. The molecule has 0 aliphatic heterocycles. The predicted octanol–water partition coefficient (Wildman–Crippen LogP) is 3.61. The molecule has 0 radical (unpaired) electrons. The highest BCUT2D eigenvalue weighted by atomic mass is 16.5. The molecule has 2 atom stereocenters. The normalized spacial score (nSPS) is 28.6. The number of nitrogens with one attached hydrogen (secondary N) is 1. The standard InChI is InChI=1S/C15H31NO/c1-7-16-13-12(8-9-15(13,5)6)17-11-10-14(2,3)4/h12-13,16H,7-11H2,1-6H3. The van der Waals surface area contributed by atoms with Gasteiger partial charge in [0, 0.05) is 12.6 Å². The zero-order valence-electron chi connectivity index (χ0n) is 12.6. The van der Waals surface area contributed by atoms with E-state index in [0.717, 1.165) is 19.6 Å². The van der Waals surface area contributed by atoms with Crippen molar-refractivity contribution < 1.29 is 4.74 Å². The number of ether oxygens (including phenoxy) is 1. The lowest BCUT2D eigenvalue weighted by atomic mass is 9.87. The Morgan fingerprint density at radius 2 is 1.94 bits per heavy atom. The van der Waals surface area contributed by atoms with E-state index in [0.29, 0.717) is 23.0 Å². The Bertz CT molecular complexity index is 230. The van der Waals surface area contributed by atoms with E-state index in [9.17, 15) is 0 Å². The van der Waals surface area contributed by atoms with Crippen molar-refractivity contribution in [2.75, 3.05) is 13.2 Å². The summed E-state index contributed by atoms with van der Waals surface area (Å²) in [5, 5.41) is 3.61. The van der Waals surface area contributed by atoms with Gasteiger partial charge in [0.25, 0.3) is 0 Å². The summed E-state index contributed by atoms with van der Waals surface area (Å²) in [5.41, 5.74) is 0.754. The Morgan fingerprint density at radius 1 is 1.29 bits per heavy atom. The largest absolute Gasteiger partial charge is 0.377 e. The van der Waals surface area contributed by atoms with E-state index in [-0.39, 0.29) is 0 Å². The maximum Gasteiger partial charge on any atom is 0.0733 e. The molecule has 1 aliphatic rings. The molecule has 0 aromatic heterocycles. The first kappa shape index (κ1) is 15.0. The van der Waals surface area contributed by atoms with Gasteiger partial charge in [0.1, 0.15) is 0 Å². The van der Waals surface area contributed by atoms with Crippen molar-refractivity contribution >= 4 is 0 Å². The molecule has 0 spiro atoms. The van der Waals surface area contributed by atoms with Gasteiger partial charge in [0.05, 0.1) is 6.10 Å². The van der Waals surface area contributed by atoms with Crippen molar-refractivity contribution in [1.82, 2.24) is 5.32 Å². The van der Waals surface area contributed by atoms with Crippen molar-refractivity contribution in [2.24, 2.45) is 10.8 Å². The summed E-state index contributed by atoms with van der Waals surface area (Å²) in [5.74, 6) is 0. The van der Waals surface area contributed by atoms with Crippen LogP contribution in [0.25, 0.3) is 0 Å². The molecule has 0 aromatic carbocycles. The number of rotatable bonds is 5. The van der Waals surface area contributed by atoms with Gasteiger partial charge in [0.2, 0.25) is 0 Å². The Balaban J connectivity index is 2.42. The first-order valence-electron chi connectivity index (χ1n) is 7.11. The van der Waals surface area contributed by atoms with Gasteiger partial charge in [-0.1, -0.05) is 41.5 Å². The van der Waals surface area contributed by atoms with Crippen LogP contribution < -0.4 is 5.32 Å². The van der Waals surface area contributed by atoms with Gasteiger partial charge in [-0.2, -0.15) is 0 Å². The zero-order chi connectivity index (χ0) is 13.1. The molecule has 1 aliphatic carbocycles. The molecule has 17 heavy (non-hydrogen) atoms. The van der Waals surface area contributed by atoms with Crippen LogP contribution in [-0.4, -0.2) is 25.3 Å². The number of likely N-dealkylation sites (N-methyl/N-ethyl adjacent to an activating group) is 1. The summed E-state index contributed by atoms with van der Waals surface area (Å²) in [4.78, 5) is 0. The van der Waals surface area contributed by atoms with E-state index in [1.165, 1.54) is 12.8 Å². The summed E-state index contributed by atoms with van der Waals surface area (Å²) in [6, 6.07) is 0.521. The predicted molar refractivity (Wildman–Crippen MR) is 74.3 cm³/mol. The van der Waals surface area contributed by atoms with E-state index in [1.807, 2.05) is 0 Å². The lowest BCUT2D eigenvalue weighted by Gasteiger charge is -2.31. The minimum Gasteiger partial charge on any atom is -0.377 e. The molecule has 2 nitrogen and oxygen atoms in total. The summed E-state index contributed by atoms with van der Waals surface area (Å²) in [6.07, 6.45) is 4.02. The first-order chi connectivity index (χ1) is 7.76. The molecule has 0 bridgehead atoms. The minimum absolute atomic E-state index is 0.377. The van der Waals surface area contributed by atoms with Crippen LogP contribution in [0.4, 0.5) is 0 Å². The Morgan fingerprint density at radius 3 is 2.47 bits per heavy atom. The third-order valence-corrected chi connectivity index (χ3v) is 3.89. The van der Waals surface area contributed by atoms with E-state index in [1.54, 1.807) is 0 Å². The Labute approximate surface area is 108 Å². The van der Waals surface area contributed by atoms with Crippen LogP contribution in [0, 0.1) is 10.8 Å². The highest BCUT2D eigenvalue weighted by Gasteiger charge is 2.41. The van der Waals surface area contributed by atoms with Crippen LogP contribution in [-0.2, 0) is 4.74 Å². The van der Waals surface area contributed by atoms with Crippen LogP contribution >= 0.6 is 0 Å². The first-order valence-corrected chi connectivity index (χ1v) is 7.11. The Hall–Kier alpha value is -0.0800. The molecule has 0 aromatic rings. The molecule has 0 saturated heterocycles. The van der Waals surface area contributed by atoms with Crippen LogP contribution in [0.3, 0.4) is 0 Å². The number of hydrogen-bond acceptors (Lipinski definition) is 2. The van der Waals surface area contributed by atoms with Gasteiger partial charge in [-0.3, -0.25) is 0 Å². The second kappa shape index (κ2) is 5.71. The lowest BCUT2D eigenvalue weighted by Crippen LogP contribution is -2.45. The molecular weight excluding hydrogens is 210 g/mol. The van der Waals surface area contributed by atoms with Gasteiger partial charge in [-0.25, -0.2) is 0 Å². The van der Waals surface area contributed by atoms with Crippen molar-refractivity contribution in [1.29, 1.82) is 0 Å². The molecule has 2 heteroatoms. The van der Waals surface area contributed by atoms with Crippen molar-refractivity contribution in [3.05, 3.63) is 0 Å². The zero-order valence-corrected chi connectivity index (χ0v) is 12.6. The van der Waals surface area contributed by atoms with Gasteiger partial charge >= 0.3 is 0 Å². The quantitative estimate of drug-likeness (QED) is 0.794. The van der Waals surface area contributed by atoms with E-state index in [2.05, 4.69) is 46.9 Å². The molecule has 102 valence electrons. The van der Waals surface area contributed by atoms with Gasteiger partial charge in [-0.15, -0.1) is 0 Å².